The molecule has 0 radical (unpaired) electrons. The van der Waals surface area contributed by atoms with Gasteiger partial charge < -0.3 is 10.1 Å². The van der Waals surface area contributed by atoms with E-state index in [1.165, 1.54) is 22.2 Å². The zero-order valence-electron chi connectivity index (χ0n) is 9.54. The molecule has 0 spiro atoms. The topological polar surface area (TPSA) is 21.3 Å². The number of hydrogen-bond acceptors (Lipinski definition) is 3. The van der Waals surface area contributed by atoms with E-state index >= 15 is 0 Å². The number of nitrogens with one attached hydrogen (secondary N) is 1. The zero-order valence-corrected chi connectivity index (χ0v) is 11.9. The number of hydrogen-bond donors (Lipinski definition) is 1. The van der Waals surface area contributed by atoms with Gasteiger partial charge in [0.2, 0.25) is 0 Å². The number of thiophene rings is 1. The summed E-state index contributed by atoms with van der Waals surface area (Å²) >= 11 is 5.40. The summed E-state index contributed by atoms with van der Waals surface area (Å²) in [6.45, 7) is 5.15. The van der Waals surface area contributed by atoms with Gasteiger partial charge >= 0.3 is 0 Å². The maximum atomic E-state index is 5.95. The van der Waals surface area contributed by atoms with E-state index in [1.54, 1.807) is 11.3 Å². The van der Waals surface area contributed by atoms with Gasteiger partial charge in [0.1, 0.15) is 0 Å². The van der Waals surface area contributed by atoms with Crippen molar-refractivity contribution in [2.24, 2.45) is 5.92 Å². The molecule has 0 saturated carbocycles. The van der Waals surface area contributed by atoms with Gasteiger partial charge in [-0.3, -0.25) is 0 Å². The van der Waals surface area contributed by atoms with E-state index in [0.29, 0.717) is 5.92 Å². The van der Waals surface area contributed by atoms with Gasteiger partial charge in [-0.15, -0.1) is 11.3 Å². The first kappa shape index (κ1) is 12.6. The summed E-state index contributed by atoms with van der Waals surface area (Å²) in [6.07, 6.45) is 2.74. The van der Waals surface area contributed by atoms with E-state index in [-0.39, 0.29) is 6.10 Å². The van der Waals surface area contributed by atoms with E-state index < -0.39 is 0 Å². The predicted molar refractivity (Wildman–Crippen MR) is 72.0 cm³/mol. The van der Waals surface area contributed by atoms with Gasteiger partial charge in [0, 0.05) is 28.4 Å². The predicted octanol–water partition coefficient (Wildman–Crippen LogP) is 3.59. The third-order valence-electron chi connectivity index (χ3n) is 3.00. The molecule has 1 saturated heterocycles. The van der Waals surface area contributed by atoms with Crippen LogP contribution in [0.3, 0.4) is 0 Å². The van der Waals surface area contributed by atoms with Gasteiger partial charge in [-0.05, 0) is 46.8 Å². The molecule has 1 N–H and O–H groups in total. The zero-order chi connectivity index (χ0) is 11.4. The molecule has 2 nitrogen and oxygen atoms in total. The summed E-state index contributed by atoms with van der Waals surface area (Å²) in [4.78, 5) is 1.35. The summed E-state index contributed by atoms with van der Waals surface area (Å²) in [5, 5.41) is 5.57. The fraction of sp³-hybridized carbons (Fsp3) is 0.667. The molecule has 1 aliphatic heterocycles. The van der Waals surface area contributed by atoms with Gasteiger partial charge in [-0.1, -0.05) is 6.92 Å². The summed E-state index contributed by atoms with van der Waals surface area (Å²) < 4.78 is 7.15. The van der Waals surface area contributed by atoms with E-state index in [4.69, 9.17) is 4.74 Å². The Hall–Kier alpha value is 0.100. The molecule has 2 heterocycles. The molecule has 2 atom stereocenters. The lowest BCUT2D eigenvalue weighted by atomic mass is 9.93. The van der Waals surface area contributed by atoms with Crippen molar-refractivity contribution in [3.63, 3.8) is 0 Å². The van der Waals surface area contributed by atoms with Crippen molar-refractivity contribution >= 4 is 27.3 Å². The third-order valence-corrected chi connectivity index (χ3v) is 4.94. The van der Waals surface area contributed by atoms with Gasteiger partial charge in [-0.2, -0.15) is 0 Å². The molecule has 0 amide bonds. The van der Waals surface area contributed by atoms with E-state index in [9.17, 15) is 0 Å². The molecular weight excluding hydrogens is 286 g/mol. The van der Waals surface area contributed by atoms with Crippen molar-refractivity contribution < 1.29 is 4.74 Å². The smallest absolute Gasteiger partial charge is 0.0968 e. The third kappa shape index (κ3) is 2.86. The van der Waals surface area contributed by atoms with Crippen LogP contribution in [0.1, 0.15) is 30.7 Å². The molecule has 2 unspecified atom stereocenters. The van der Waals surface area contributed by atoms with Crippen molar-refractivity contribution in [1.82, 2.24) is 5.32 Å². The van der Waals surface area contributed by atoms with Crippen LogP contribution in [0.5, 0.6) is 0 Å². The van der Waals surface area contributed by atoms with Crippen molar-refractivity contribution in [3.8, 4) is 0 Å². The normalized spacial score (nSPS) is 25.9. The highest BCUT2D eigenvalue weighted by molar-refractivity contribution is 9.10. The lowest BCUT2D eigenvalue weighted by Crippen LogP contribution is -2.31. The average molecular weight is 304 g/mol. The summed E-state index contributed by atoms with van der Waals surface area (Å²) in [5.74, 6) is 0.614. The fourth-order valence-electron chi connectivity index (χ4n) is 2.18. The van der Waals surface area contributed by atoms with Crippen molar-refractivity contribution in [3.05, 3.63) is 20.8 Å². The Morgan fingerprint density at radius 3 is 3.19 bits per heavy atom. The van der Waals surface area contributed by atoms with Crippen LogP contribution in [0.4, 0.5) is 0 Å². The first-order chi connectivity index (χ1) is 7.83. The molecule has 1 aromatic heterocycles. The lowest BCUT2D eigenvalue weighted by Gasteiger charge is -2.31. The standard InChI is InChI=1S/C12H18BrNOS/c1-2-14-8-9-4-3-6-15-11(9)12-10(13)5-7-16-12/h5,7,9,11,14H,2-4,6,8H2,1H3. The number of ether oxygens (including phenoxy) is 1. The Bertz CT molecular complexity index is 329. The SMILES string of the molecule is CCNCC1CCCOC1c1sccc1Br. The van der Waals surface area contributed by atoms with E-state index in [1.807, 2.05) is 0 Å². The second-order valence-corrected chi connectivity index (χ2v) is 5.94. The molecular formula is C12H18BrNOS. The van der Waals surface area contributed by atoms with Crippen LogP contribution in [-0.2, 0) is 4.74 Å². The second kappa shape index (κ2) is 6.15. The minimum Gasteiger partial charge on any atom is -0.372 e. The van der Waals surface area contributed by atoms with Crippen LogP contribution in [0.2, 0.25) is 0 Å². The van der Waals surface area contributed by atoms with Gasteiger partial charge in [0.15, 0.2) is 0 Å². The highest BCUT2D eigenvalue weighted by Crippen LogP contribution is 2.39. The lowest BCUT2D eigenvalue weighted by molar-refractivity contribution is -0.0258. The van der Waals surface area contributed by atoms with E-state index in [2.05, 4.69) is 39.6 Å². The van der Waals surface area contributed by atoms with Crippen molar-refractivity contribution in [2.45, 2.75) is 25.9 Å². The van der Waals surface area contributed by atoms with Crippen LogP contribution in [0.15, 0.2) is 15.9 Å². The summed E-state index contributed by atoms with van der Waals surface area (Å²) in [5.41, 5.74) is 0. The summed E-state index contributed by atoms with van der Waals surface area (Å²) in [7, 11) is 0. The van der Waals surface area contributed by atoms with Gasteiger partial charge in [0.25, 0.3) is 0 Å². The van der Waals surface area contributed by atoms with Gasteiger partial charge in [-0.25, -0.2) is 0 Å². The summed E-state index contributed by atoms with van der Waals surface area (Å²) in [6, 6.07) is 2.11. The molecule has 1 aliphatic rings. The van der Waals surface area contributed by atoms with Crippen molar-refractivity contribution in [2.75, 3.05) is 19.7 Å². The molecule has 1 aromatic rings. The Morgan fingerprint density at radius 2 is 2.50 bits per heavy atom. The molecule has 0 aliphatic carbocycles. The Morgan fingerprint density at radius 1 is 1.62 bits per heavy atom. The molecule has 90 valence electrons. The maximum Gasteiger partial charge on any atom is 0.0968 e. The van der Waals surface area contributed by atoms with Crippen LogP contribution in [-0.4, -0.2) is 19.7 Å². The average Bonchev–Trinajstić information content (AvgIpc) is 2.73. The minimum atomic E-state index is 0.280. The second-order valence-electron chi connectivity index (χ2n) is 4.13. The Labute approximate surface area is 110 Å². The molecule has 16 heavy (non-hydrogen) atoms. The molecule has 0 bridgehead atoms. The highest BCUT2D eigenvalue weighted by Gasteiger charge is 2.29. The molecule has 2 rings (SSSR count). The minimum absolute atomic E-state index is 0.280. The van der Waals surface area contributed by atoms with E-state index in [0.717, 1.165) is 19.7 Å². The monoisotopic (exact) mass is 303 g/mol. The molecule has 1 fully saturated rings. The van der Waals surface area contributed by atoms with Crippen LogP contribution in [0, 0.1) is 5.92 Å². The number of halogens is 1. The number of rotatable bonds is 4. The van der Waals surface area contributed by atoms with Crippen molar-refractivity contribution in [1.29, 1.82) is 0 Å². The van der Waals surface area contributed by atoms with Crippen LogP contribution in [0.25, 0.3) is 0 Å². The Balaban J connectivity index is 2.07. The highest BCUT2D eigenvalue weighted by atomic mass is 79.9. The van der Waals surface area contributed by atoms with Gasteiger partial charge in [0.05, 0.1) is 6.10 Å². The Kier molecular flexibility index (Phi) is 4.82. The fourth-order valence-corrected chi connectivity index (χ4v) is 3.92. The first-order valence-electron chi connectivity index (χ1n) is 5.88. The molecule has 0 aromatic carbocycles. The first-order valence-corrected chi connectivity index (χ1v) is 7.55. The largest absolute Gasteiger partial charge is 0.372 e. The quantitative estimate of drug-likeness (QED) is 0.918. The maximum absolute atomic E-state index is 5.95. The molecule has 4 heteroatoms. The van der Waals surface area contributed by atoms with Crippen LogP contribution < -0.4 is 5.32 Å². The van der Waals surface area contributed by atoms with Crippen LogP contribution >= 0.6 is 27.3 Å².